The molecule has 0 saturated carbocycles. The second-order valence-corrected chi connectivity index (χ2v) is 6.32. The number of halogens is 3. The summed E-state index contributed by atoms with van der Waals surface area (Å²) in [7, 11) is -3.70. The van der Waals surface area contributed by atoms with Crippen LogP contribution >= 0.6 is 0 Å². The molecule has 0 spiro atoms. The number of aromatic carboxylic acids is 1. The topological polar surface area (TPSA) is 101 Å². The molecule has 6 nitrogen and oxygen atoms in total. The fraction of sp³-hybridized carbons (Fsp3) is 0.273. The summed E-state index contributed by atoms with van der Waals surface area (Å²) in [6.45, 7) is 0. The smallest absolute Gasteiger partial charge is 0.416 e. The molecule has 0 fully saturated rings. The van der Waals surface area contributed by atoms with Gasteiger partial charge in [-0.25, -0.2) is 13.2 Å². The molecule has 0 aliphatic rings. The lowest BCUT2D eigenvalue weighted by Gasteiger charge is -2.12. The third-order valence-electron chi connectivity index (χ3n) is 2.24. The number of carbonyl (C=O) groups is 2. The lowest BCUT2D eigenvalue weighted by atomic mass is 10.1. The van der Waals surface area contributed by atoms with Crippen molar-refractivity contribution in [3.63, 3.8) is 0 Å². The van der Waals surface area contributed by atoms with Gasteiger partial charge in [-0.2, -0.15) is 13.2 Å². The van der Waals surface area contributed by atoms with Gasteiger partial charge in [0.25, 0.3) is 0 Å². The summed E-state index contributed by atoms with van der Waals surface area (Å²) < 4.78 is 59.5. The van der Waals surface area contributed by atoms with Crippen molar-refractivity contribution in [3.8, 4) is 0 Å². The highest BCUT2D eigenvalue weighted by molar-refractivity contribution is 7.91. The largest absolute Gasteiger partial charge is 0.478 e. The SMILES string of the molecule is CS(=O)(=O)CC(=O)Nc1cc(C(F)(F)F)ccc1C(=O)O. The van der Waals surface area contributed by atoms with Crippen molar-refractivity contribution >= 4 is 27.4 Å². The van der Waals surface area contributed by atoms with Gasteiger partial charge in [0.2, 0.25) is 5.91 Å². The molecule has 0 aliphatic carbocycles. The summed E-state index contributed by atoms with van der Waals surface area (Å²) in [5.74, 6) is -3.65. The highest BCUT2D eigenvalue weighted by atomic mass is 32.2. The van der Waals surface area contributed by atoms with Crippen molar-refractivity contribution in [1.82, 2.24) is 0 Å². The molecule has 116 valence electrons. The Morgan fingerprint density at radius 2 is 1.86 bits per heavy atom. The van der Waals surface area contributed by atoms with E-state index in [9.17, 15) is 31.2 Å². The van der Waals surface area contributed by atoms with Crippen LogP contribution in [0.1, 0.15) is 15.9 Å². The Balaban J connectivity index is 3.19. The molecule has 1 aromatic rings. The summed E-state index contributed by atoms with van der Waals surface area (Å²) in [5, 5.41) is 10.7. The quantitative estimate of drug-likeness (QED) is 0.871. The molecule has 0 heterocycles. The number of alkyl halides is 3. The van der Waals surface area contributed by atoms with Crippen molar-refractivity contribution in [2.75, 3.05) is 17.3 Å². The predicted octanol–water partition coefficient (Wildman–Crippen LogP) is 1.39. The first kappa shape index (κ1) is 17.0. The Hall–Kier alpha value is -2.10. The average molecular weight is 325 g/mol. The van der Waals surface area contributed by atoms with Crippen LogP contribution in [0.2, 0.25) is 0 Å². The number of carboxylic acids is 1. The van der Waals surface area contributed by atoms with Gasteiger partial charge in [-0.1, -0.05) is 0 Å². The molecule has 1 aromatic carbocycles. The van der Waals surface area contributed by atoms with E-state index >= 15 is 0 Å². The maximum Gasteiger partial charge on any atom is 0.416 e. The van der Waals surface area contributed by atoms with Gasteiger partial charge >= 0.3 is 12.1 Å². The van der Waals surface area contributed by atoms with E-state index in [1.54, 1.807) is 0 Å². The highest BCUT2D eigenvalue weighted by Gasteiger charge is 2.31. The summed E-state index contributed by atoms with van der Waals surface area (Å²) in [6.07, 6.45) is -3.97. The average Bonchev–Trinajstić information content (AvgIpc) is 2.24. The molecule has 0 aromatic heterocycles. The predicted molar refractivity (Wildman–Crippen MR) is 66.7 cm³/mol. The first-order valence-corrected chi connectivity index (χ1v) is 7.38. The van der Waals surface area contributed by atoms with Crippen LogP contribution in [0.25, 0.3) is 0 Å². The van der Waals surface area contributed by atoms with E-state index in [4.69, 9.17) is 5.11 Å². The van der Waals surface area contributed by atoms with Crippen LogP contribution in [0.4, 0.5) is 18.9 Å². The molecular weight excluding hydrogens is 315 g/mol. The van der Waals surface area contributed by atoms with Gasteiger partial charge < -0.3 is 10.4 Å². The molecule has 1 rings (SSSR count). The highest BCUT2D eigenvalue weighted by Crippen LogP contribution is 2.32. The number of amides is 1. The first-order chi connectivity index (χ1) is 9.40. The van der Waals surface area contributed by atoms with Gasteiger partial charge in [0, 0.05) is 6.26 Å². The molecule has 0 bridgehead atoms. The Labute approximate surface area is 117 Å². The van der Waals surface area contributed by atoms with E-state index < -0.39 is 50.5 Å². The number of hydrogen-bond donors (Lipinski definition) is 2. The number of hydrogen-bond acceptors (Lipinski definition) is 4. The minimum Gasteiger partial charge on any atom is -0.478 e. The number of rotatable bonds is 4. The molecule has 10 heteroatoms. The zero-order valence-corrected chi connectivity index (χ0v) is 11.4. The Kier molecular flexibility index (Phi) is 4.62. The second kappa shape index (κ2) is 5.72. The summed E-state index contributed by atoms with van der Waals surface area (Å²) in [6, 6.07) is 1.67. The van der Waals surface area contributed by atoms with Gasteiger partial charge in [-0.3, -0.25) is 4.79 Å². The van der Waals surface area contributed by atoms with E-state index in [-0.39, 0.29) is 0 Å². The van der Waals surface area contributed by atoms with Crippen LogP contribution in [-0.2, 0) is 20.8 Å². The van der Waals surface area contributed by atoms with Crippen LogP contribution in [-0.4, -0.2) is 37.4 Å². The number of benzene rings is 1. The number of anilines is 1. The maximum atomic E-state index is 12.6. The van der Waals surface area contributed by atoms with Crippen molar-refractivity contribution in [3.05, 3.63) is 29.3 Å². The Morgan fingerprint density at radius 3 is 2.29 bits per heavy atom. The fourth-order valence-corrected chi connectivity index (χ4v) is 1.98. The van der Waals surface area contributed by atoms with Gasteiger partial charge in [0.05, 0.1) is 16.8 Å². The molecule has 0 atom stereocenters. The number of sulfone groups is 1. The van der Waals surface area contributed by atoms with E-state index in [0.717, 1.165) is 6.26 Å². The van der Waals surface area contributed by atoms with Gasteiger partial charge in [-0.15, -0.1) is 0 Å². The van der Waals surface area contributed by atoms with Gasteiger partial charge in [0.15, 0.2) is 9.84 Å². The summed E-state index contributed by atoms with van der Waals surface area (Å²) in [4.78, 5) is 22.3. The fourth-order valence-electron chi connectivity index (χ4n) is 1.43. The lowest BCUT2D eigenvalue weighted by molar-refractivity contribution is -0.137. The van der Waals surface area contributed by atoms with Crippen LogP contribution in [0.5, 0.6) is 0 Å². The number of carboxylic acid groups (broad SMARTS) is 1. The molecule has 0 aliphatic heterocycles. The molecule has 21 heavy (non-hydrogen) atoms. The van der Waals surface area contributed by atoms with E-state index in [1.807, 2.05) is 5.32 Å². The number of nitrogens with one attached hydrogen (secondary N) is 1. The zero-order chi connectivity index (χ0) is 16.4. The Morgan fingerprint density at radius 1 is 1.29 bits per heavy atom. The van der Waals surface area contributed by atoms with E-state index in [1.165, 1.54) is 0 Å². The van der Waals surface area contributed by atoms with Crippen LogP contribution in [0.3, 0.4) is 0 Å². The molecule has 0 radical (unpaired) electrons. The molecule has 0 unspecified atom stereocenters. The summed E-state index contributed by atoms with van der Waals surface area (Å²) in [5.41, 5.74) is -2.36. The normalized spacial score (nSPS) is 12.0. The van der Waals surface area contributed by atoms with Crippen molar-refractivity contribution in [1.29, 1.82) is 0 Å². The van der Waals surface area contributed by atoms with Crippen LogP contribution in [0, 0.1) is 0 Å². The van der Waals surface area contributed by atoms with Gasteiger partial charge in [0.1, 0.15) is 5.75 Å². The zero-order valence-electron chi connectivity index (χ0n) is 10.6. The second-order valence-electron chi connectivity index (χ2n) is 4.18. The van der Waals surface area contributed by atoms with Crippen LogP contribution in [0.15, 0.2) is 18.2 Å². The monoisotopic (exact) mass is 325 g/mol. The Bertz CT molecular complexity index is 682. The standard InChI is InChI=1S/C11H10F3NO5S/c1-21(19,20)5-9(16)15-8-4-6(11(12,13)14)2-3-7(8)10(17)18/h2-4H,5H2,1H3,(H,15,16)(H,17,18). The van der Waals surface area contributed by atoms with Gasteiger partial charge in [-0.05, 0) is 18.2 Å². The third-order valence-corrected chi connectivity index (χ3v) is 3.03. The molecule has 0 saturated heterocycles. The van der Waals surface area contributed by atoms with E-state index in [2.05, 4.69) is 0 Å². The van der Waals surface area contributed by atoms with Crippen molar-refractivity contribution in [2.24, 2.45) is 0 Å². The summed E-state index contributed by atoms with van der Waals surface area (Å²) >= 11 is 0. The minimum absolute atomic E-state index is 0.434. The lowest BCUT2D eigenvalue weighted by Crippen LogP contribution is -2.23. The molecule has 1 amide bonds. The maximum absolute atomic E-state index is 12.6. The van der Waals surface area contributed by atoms with Crippen LogP contribution < -0.4 is 5.32 Å². The third kappa shape index (κ3) is 5.06. The van der Waals surface area contributed by atoms with E-state index in [0.29, 0.717) is 18.2 Å². The molecular formula is C11H10F3NO5S. The number of carbonyl (C=O) groups excluding carboxylic acids is 1. The first-order valence-electron chi connectivity index (χ1n) is 5.32. The van der Waals surface area contributed by atoms with Crippen molar-refractivity contribution < 1.29 is 36.3 Å². The van der Waals surface area contributed by atoms with Crippen molar-refractivity contribution in [2.45, 2.75) is 6.18 Å². The minimum atomic E-state index is -4.73. The molecule has 2 N–H and O–H groups in total.